The molecule has 1 N–H and O–H groups in total. The van der Waals surface area contributed by atoms with E-state index in [1.165, 1.54) is 0 Å². The van der Waals surface area contributed by atoms with Crippen molar-refractivity contribution in [2.24, 2.45) is 0 Å². The van der Waals surface area contributed by atoms with Crippen molar-refractivity contribution in [2.45, 2.75) is 56.7 Å². The maximum atomic E-state index is 12.3. The average molecular weight is 295 g/mol. The highest BCUT2D eigenvalue weighted by Gasteiger charge is 2.38. The molecular formula is C15H25N3O3. The standard InChI is InChI=1S/C15H25N3O3/c1-16(11-4-5-11)15(21)17-9-6-12(7-10-17)18-8-2-3-13(18)14(19)20/h11-13H,2-10H2,1H3,(H,19,20). The van der Waals surface area contributed by atoms with Crippen molar-refractivity contribution in [3.63, 3.8) is 0 Å². The number of piperidine rings is 1. The number of nitrogens with zero attached hydrogens (tertiary/aromatic N) is 3. The fourth-order valence-electron chi connectivity index (χ4n) is 3.72. The van der Waals surface area contributed by atoms with Gasteiger partial charge in [-0.2, -0.15) is 0 Å². The summed E-state index contributed by atoms with van der Waals surface area (Å²) in [6, 6.07) is 0.604. The van der Waals surface area contributed by atoms with Crippen LogP contribution in [-0.4, -0.2) is 76.6 Å². The Balaban J connectivity index is 1.52. The lowest BCUT2D eigenvalue weighted by Gasteiger charge is -2.39. The molecular weight excluding hydrogens is 270 g/mol. The minimum absolute atomic E-state index is 0.146. The van der Waals surface area contributed by atoms with Crippen molar-refractivity contribution >= 4 is 12.0 Å². The zero-order valence-corrected chi connectivity index (χ0v) is 12.7. The zero-order chi connectivity index (χ0) is 15.0. The van der Waals surface area contributed by atoms with Crippen LogP contribution in [0.4, 0.5) is 4.79 Å². The van der Waals surface area contributed by atoms with Gasteiger partial charge in [-0.3, -0.25) is 9.69 Å². The van der Waals surface area contributed by atoms with E-state index in [0.717, 1.165) is 58.2 Å². The summed E-state index contributed by atoms with van der Waals surface area (Å²) in [7, 11) is 1.90. The summed E-state index contributed by atoms with van der Waals surface area (Å²) in [6.07, 6.45) is 5.79. The normalized spacial score (nSPS) is 27.9. The highest BCUT2D eigenvalue weighted by Crippen LogP contribution is 2.29. The van der Waals surface area contributed by atoms with Crippen molar-refractivity contribution in [2.75, 3.05) is 26.7 Å². The molecule has 0 aromatic rings. The molecule has 2 aliphatic heterocycles. The molecule has 21 heavy (non-hydrogen) atoms. The van der Waals surface area contributed by atoms with Gasteiger partial charge in [0.1, 0.15) is 6.04 Å². The van der Waals surface area contributed by atoms with Crippen molar-refractivity contribution < 1.29 is 14.7 Å². The van der Waals surface area contributed by atoms with Crippen molar-refractivity contribution in [3.05, 3.63) is 0 Å². The van der Waals surface area contributed by atoms with Crippen LogP contribution >= 0.6 is 0 Å². The van der Waals surface area contributed by atoms with Crippen LogP contribution in [0.15, 0.2) is 0 Å². The predicted molar refractivity (Wildman–Crippen MR) is 78.1 cm³/mol. The van der Waals surface area contributed by atoms with E-state index in [0.29, 0.717) is 12.1 Å². The van der Waals surface area contributed by atoms with E-state index < -0.39 is 5.97 Å². The molecule has 3 rings (SSSR count). The van der Waals surface area contributed by atoms with Crippen molar-refractivity contribution in [3.8, 4) is 0 Å². The van der Waals surface area contributed by atoms with Gasteiger partial charge in [-0.15, -0.1) is 0 Å². The molecule has 6 heteroatoms. The van der Waals surface area contributed by atoms with E-state index in [9.17, 15) is 14.7 Å². The number of aliphatic carboxylic acids is 1. The van der Waals surface area contributed by atoms with Crippen molar-refractivity contribution in [1.29, 1.82) is 0 Å². The van der Waals surface area contributed by atoms with E-state index in [1.54, 1.807) is 0 Å². The first-order valence-corrected chi connectivity index (χ1v) is 8.08. The topological polar surface area (TPSA) is 64.1 Å². The molecule has 118 valence electrons. The minimum Gasteiger partial charge on any atom is -0.480 e. The molecule has 1 saturated carbocycles. The molecule has 3 aliphatic rings. The smallest absolute Gasteiger partial charge is 0.320 e. The molecule has 1 unspecified atom stereocenters. The third-order valence-corrected chi connectivity index (χ3v) is 5.18. The van der Waals surface area contributed by atoms with E-state index in [4.69, 9.17) is 0 Å². The predicted octanol–water partition coefficient (Wildman–Crippen LogP) is 1.21. The highest BCUT2D eigenvalue weighted by atomic mass is 16.4. The Morgan fingerprint density at radius 3 is 2.29 bits per heavy atom. The summed E-state index contributed by atoms with van der Waals surface area (Å²) in [5.41, 5.74) is 0. The number of hydrogen-bond acceptors (Lipinski definition) is 3. The van der Waals surface area contributed by atoms with Crippen LogP contribution in [0.3, 0.4) is 0 Å². The molecule has 1 aliphatic carbocycles. The summed E-state index contributed by atoms with van der Waals surface area (Å²) in [5, 5.41) is 9.28. The first-order valence-electron chi connectivity index (χ1n) is 8.08. The highest BCUT2D eigenvalue weighted by molar-refractivity contribution is 5.75. The van der Waals surface area contributed by atoms with E-state index in [-0.39, 0.29) is 12.1 Å². The second-order valence-corrected chi connectivity index (χ2v) is 6.58. The number of hydrogen-bond donors (Lipinski definition) is 1. The minimum atomic E-state index is -0.695. The summed E-state index contributed by atoms with van der Waals surface area (Å²) in [4.78, 5) is 29.6. The Kier molecular flexibility index (Phi) is 4.06. The van der Waals surface area contributed by atoms with Gasteiger partial charge in [0.15, 0.2) is 0 Å². The van der Waals surface area contributed by atoms with Gasteiger partial charge in [0.05, 0.1) is 0 Å². The molecule has 3 fully saturated rings. The summed E-state index contributed by atoms with van der Waals surface area (Å²) in [5.74, 6) is -0.695. The Morgan fingerprint density at radius 1 is 1.05 bits per heavy atom. The molecule has 0 bridgehead atoms. The lowest BCUT2D eigenvalue weighted by atomic mass is 10.0. The van der Waals surface area contributed by atoms with Crippen LogP contribution in [-0.2, 0) is 4.79 Å². The molecule has 0 aromatic heterocycles. The lowest BCUT2D eigenvalue weighted by Crippen LogP contribution is -2.52. The fourth-order valence-corrected chi connectivity index (χ4v) is 3.72. The van der Waals surface area contributed by atoms with Crippen molar-refractivity contribution in [1.82, 2.24) is 14.7 Å². The quantitative estimate of drug-likeness (QED) is 0.850. The number of carbonyl (C=O) groups is 2. The second kappa shape index (κ2) is 5.83. The average Bonchev–Trinajstić information content (AvgIpc) is 3.22. The fraction of sp³-hybridized carbons (Fsp3) is 0.867. The summed E-state index contributed by atoms with van der Waals surface area (Å²) in [6.45, 7) is 2.39. The first kappa shape index (κ1) is 14.6. The third kappa shape index (κ3) is 3.00. The number of carboxylic acid groups (broad SMARTS) is 1. The number of carboxylic acids is 1. The van der Waals surface area contributed by atoms with E-state index in [2.05, 4.69) is 4.90 Å². The molecule has 0 aromatic carbocycles. The second-order valence-electron chi connectivity index (χ2n) is 6.58. The van der Waals surface area contributed by atoms with Crippen LogP contribution < -0.4 is 0 Å². The van der Waals surface area contributed by atoms with Crippen LogP contribution in [0, 0.1) is 0 Å². The Morgan fingerprint density at radius 2 is 1.71 bits per heavy atom. The lowest BCUT2D eigenvalue weighted by molar-refractivity contribution is -0.143. The van der Waals surface area contributed by atoms with Crippen LogP contribution in [0.1, 0.15) is 38.5 Å². The monoisotopic (exact) mass is 295 g/mol. The molecule has 0 radical (unpaired) electrons. The van der Waals surface area contributed by atoms with Gasteiger partial charge in [-0.25, -0.2) is 4.79 Å². The molecule has 2 saturated heterocycles. The third-order valence-electron chi connectivity index (χ3n) is 5.18. The molecule has 6 nitrogen and oxygen atoms in total. The number of amides is 2. The van der Waals surface area contributed by atoms with E-state index in [1.807, 2.05) is 16.8 Å². The summed E-state index contributed by atoms with van der Waals surface area (Å²) >= 11 is 0. The van der Waals surface area contributed by atoms with Crippen LogP contribution in [0.5, 0.6) is 0 Å². The van der Waals surface area contributed by atoms with Gasteiger partial charge >= 0.3 is 12.0 Å². The Hall–Kier alpha value is -1.30. The van der Waals surface area contributed by atoms with Gasteiger partial charge in [0.25, 0.3) is 0 Å². The summed E-state index contributed by atoms with van der Waals surface area (Å²) < 4.78 is 0. The van der Waals surface area contributed by atoms with Gasteiger partial charge in [-0.05, 0) is 45.1 Å². The molecule has 1 atom stereocenters. The van der Waals surface area contributed by atoms with Crippen LogP contribution in [0.25, 0.3) is 0 Å². The maximum absolute atomic E-state index is 12.3. The Labute approximate surface area is 125 Å². The molecule has 2 heterocycles. The number of carbonyl (C=O) groups excluding carboxylic acids is 1. The van der Waals surface area contributed by atoms with Crippen LogP contribution in [0.2, 0.25) is 0 Å². The number of likely N-dealkylation sites (tertiary alicyclic amines) is 2. The maximum Gasteiger partial charge on any atom is 0.320 e. The number of urea groups is 1. The van der Waals surface area contributed by atoms with Gasteiger partial charge < -0.3 is 14.9 Å². The SMILES string of the molecule is CN(C(=O)N1CCC(N2CCCC2C(=O)O)CC1)C1CC1. The van der Waals surface area contributed by atoms with E-state index >= 15 is 0 Å². The van der Waals surface area contributed by atoms with Gasteiger partial charge in [0, 0.05) is 32.2 Å². The zero-order valence-electron chi connectivity index (χ0n) is 12.7. The van der Waals surface area contributed by atoms with Gasteiger partial charge in [0.2, 0.25) is 0 Å². The molecule has 0 spiro atoms. The largest absolute Gasteiger partial charge is 0.480 e. The molecule has 2 amide bonds. The first-order chi connectivity index (χ1) is 10.1. The Bertz CT molecular complexity index is 416. The number of rotatable bonds is 3. The van der Waals surface area contributed by atoms with Gasteiger partial charge in [-0.1, -0.05) is 0 Å².